The molecule has 0 radical (unpaired) electrons. The van der Waals surface area contributed by atoms with Gasteiger partial charge in [-0.25, -0.2) is 4.98 Å². The fraction of sp³-hybridized carbons (Fsp3) is 0.429. The Morgan fingerprint density at radius 2 is 2.20 bits per heavy atom. The van der Waals surface area contributed by atoms with Gasteiger partial charge in [0.05, 0.1) is 5.69 Å². The molecule has 0 atom stereocenters. The van der Waals surface area contributed by atoms with Crippen molar-refractivity contribution in [1.29, 1.82) is 0 Å². The Bertz CT molecular complexity index is 665. The maximum Gasteiger partial charge on any atom is 0.263 e. The molecule has 0 bridgehead atoms. The predicted molar refractivity (Wildman–Crippen MR) is 82.1 cm³/mol. The van der Waals surface area contributed by atoms with Crippen molar-refractivity contribution >= 4 is 33.1 Å². The van der Waals surface area contributed by atoms with E-state index in [4.69, 9.17) is 16.5 Å². The van der Waals surface area contributed by atoms with Crippen LogP contribution in [0.5, 0.6) is 0 Å². The van der Waals surface area contributed by atoms with Crippen LogP contribution in [0.1, 0.15) is 33.8 Å². The lowest BCUT2D eigenvalue weighted by molar-refractivity contribution is 0.0959. The molecule has 0 fully saturated rings. The molecule has 3 rings (SSSR count). The molecule has 6 heteroatoms. The molecule has 20 heavy (non-hydrogen) atoms. The Balaban J connectivity index is 2.03. The van der Waals surface area contributed by atoms with Crippen LogP contribution in [-0.2, 0) is 12.8 Å². The molecule has 0 aromatic carbocycles. The Kier molecular flexibility index (Phi) is 3.58. The zero-order chi connectivity index (χ0) is 14.1. The highest BCUT2D eigenvalue weighted by Crippen LogP contribution is 2.35. The first-order chi connectivity index (χ1) is 9.70. The van der Waals surface area contributed by atoms with Gasteiger partial charge < -0.3 is 16.8 Å². The summed E-state index contributed by atoms with van der Waals surface area (Å²) in [6.45, 7) is 0.875. The van der Waals surface area contributed by atoms with Gasteiger partial charge in [0.2, 0.25) is 0 Å². The first-order valence-electron chi connectivity index (χ1n) is 6.89. The third-order valence-corrected chi connectivity index (χ3v) is 4.75. The molecule has 0 unspecified atom stereocenters. The number of nitrogens with two attached hydrogens (primary N) is 2. The summed E-state index contributed by atoms with van der Waals surface area (Å²) >= 11 is 1.37. The average Bonchev–Trinajstić information content (AvgIpc) is 2.79. The summed E-state index contributed by atoms with van der Waals surface area (Å²) in [7, 11) is 0. The summed E-state index contributed by atoms with van der Waals surface area (Å²) in [5.41, 5.74) is 14.5. The molecular formula is C14H18N4OS. The highest BCUT2D eigenvalue weighted by Gasteiger charge is 2.19. The van der Waals surface area contributed by atoms with E-state index in [0.29, 0.717) is 23.7 Å². The van der Waals surface area contributed by atoms with Crippen LogP contribution in [0.15, 0.2) is 6.07 Å². The Hall–Kier alpha value is -1.66. The third-order valence-electron chi connectivity index (χ3n) is 3.64. The van der Waals surface area contributed by atoms with Gasteiger partial charge in [-0.3, -0.25) is 4.79 Å². The van der Waals surface area contributed by atoms with Crippen LogP contribution in [0.4, 0.5) is 5.69 Å². The Morgan fingerprint density at radius 1 is 1.40 bits per heavy atom. The maximum absolute atomic E-state index is 12.1. The van der Waals surface area contributed by atoms with Gasteiger partial charge in [0.25, 0.3) is 5.91 Å². The monoisotopic (exact) mass is 290 g/mol. The maximum atomic E-state index is 12.1. The first-order valence-corrected chi connectivity index (χ1v) is 7.71. The molecule has 2 aromatic heterocycles. The molecule has 0 aliphatic heterocycles. The van der Waals surface area contributed by atoms with E-state index in [0.717, 1.165) is 23.1 Å². The largest absolute Gasteiger partial charge is 0.397 e. The molecule has 1 aliphatic carbocycles. The molecule has 1 aliphatic rings. The van der Waals surface area contributed by atoms with E-state index in [1.54, 1.807) is 0 Å². The second-order valence-corrected chi connectivity index (χ2v) is 6.04. The number of pyridine rings is 1. The smallest absolute Gasteiger partial charge is 0.263 e. The number of aromatic nitrogens is 1. The number of nitrogen functional groups attached to an aromatic ring is 1. The fourth-order valence-corrected chi connectivity index (χ4v) is 3.61. The summed E-state index contributed by atoms with van der Waals surface area (Å²) in [5, 5.41) is 3.67. The van der Waals surface area contributed by atoms with Gasteiger partial charge in [0.1, 0.15) is 9.71 Å². The Labute approximate surface area is 121 Å². The number of thiophene rings is 1. The van der Waals surface area contributed by atoms with Crippen LogP contribution < -0.4 is 16.8 Å². The Morgan fingerprint density at radius 3 is 3.00 bits per heavy atom. The number of amides is 1. The van der Waals surface area contributed by atoms with Gasteiger partial charge in [-0.2, -0.15) is 0 Å². The van der Waals surface area contributed by atoms with E-state index < -0.39 is 0 Å². The predicted octanol–water partition coefficient (Wildman–Crippen LogP) is 1.45. The van der Waals surface area contributed by atoms with Crippen molar-refractivity contribution in [1.82, 2.24) is 10.3 Å². The number of fused-ring (bicyclic) bond motifs is 2. The normalized spacial score (nSPS) is 14.2. The topological polar surface area (TPSA) is 94.0 Å². The molecule has 0 saturated carbocycles. The average molecular weight is 290 g/mol. The van der Waals surface area contributed by atoms with E-state index in [1.807, 2.05) is 0 Å². The highest BCUT2D eigenvalue weighted by molar-refractivity contribution is 7.21. The van der Waals surface area contributed by atoms with E-state index in [1.165, 1.54) is 35.4 Å². The lowest BCUT2D eigenvalue weighted by Gasteiger charge is -2.14. The summed E-state index contributed by atoms with van der Waals surface area (Å²) in [6, 6.07) is 2.11. The highest BCUT2D eigenvalue weighted by atomic mass is 32.1. The van der Waals surface area contributed by atoms with Crippen molar-refractivity contribution in [3.8, 4) is 0 Å². The fourth-order valence-electron chi connectivity index (χ4n) is 2.59. The number of aryl methyl sites for hydroxylation is 2. The minimum Gasteiger partial charge on any atom is -0.397 e. The summed E-state index contributed by atoms with van der Waals surface area (Å²) in [4.78, 5) is 18.2. The van der Waals surface area contributed by atoms with Crippen LogP contribution >= 0.6 is 11.3 Å². The van der Waals surface area contributed by atoms with Crippen LogP contribution in [0, 0.1) is 0 Å². The number of nitrogens with one attached hydrogen (secondary N) is 1. The van der Waals surface area contributed by atoms with E-state index in [9.17, 15) is 4.79 Å². The number of anilines is 1. The first kappa shape index (κ1) is 13.3. The SMILES string of the molecule is NCCNC(=O)c1sc2nc3c(cc2c1N)CCCC3. The quantitative estimate of drug-likeness (QED) is 0.797. The molecule has 5 N–H and O–H groups in total. The van der Waals surface area contributed by atoms with Crippen molar-refractivity contribution in [3.05, 3.63) is 22.2 Å². The molecule has 2 aromatic rings. The standard InChI is InChI=1S/C14H18N4OS/c15-5-6-17-13(19)12-11(16)9-7-8-3-1-2-4-10(8)18-14(9)20-12/h7H,1-6,15-16H2,(H,17,19). The van der Waals surface area contributed by atoms with Gasteiger partial charge >= 0.3 is 0 Å². The zero-order valence-electron chi connectivity index (χ0n) is 11.2. The van der Waals surface area contributed by atoms with E-state index in [2.05, 4.69) is 11.4 Å². The molecule has 5 nitrogen and oxygen atoms in total. The van der Waals surface area contributed by atoms with Gasteiger partial charge in [-0.15, -0.1) is 11.3 Å². The van der Waals surface area contributed by atoms with Gasteiger partial charge in [0.15, 0.2) is 0 Å². The second-order valence-electron chi connectivity index (χ2n) is 5.04. The second kappa shape index (κ2) is 5.38. The van der Waals surface area contributed by atoms with Crippen LogP contribution in [0.3, 0.4) is 0 Å². The van der Waals surface area contributed by atoms with Gasteiger partial charge in [-0.1, -0.05) is 0 Å². The van der Waals surface area contributed by atoms with Crippen molar-refractivity contribution in [2.75, 3.05) is 18.8 Å². The minimum absolute atomic E-state index is 0.158. The molecule has 106 valence electrons. The summed E-state index contributed by atoms with van der Waals surface area (Å²) in [6.07, 6.45) is 4.48. The number of carbonyl (C=O) groups excluding carboxylic acids is 1. The van der Waals surface area contributed by atoms with Crippen molar-refractivity contribution in [2.24, 2.45) is 5.73 Å². The van der Waals surface area contributed by atoms with Crippen molar-refractivity contribution < 1.29 is 4.79 Å². The number of nitrogens with zero attached hydrogens (tertiary/aromatic N) is 1. The van der Waals surface area contributed by atoms with Gasteiger partial charge in [0, 0.05) is 24.2 Å². The molecule has 0 spiro atoms. The third kappa shape index (κ3) is 2.25. The van der Waals surface area contributed by atoms with Crippen molar-refractivity contribution in [3.63, 3.8) is 0 Å². The summed E-state index contributed by atoms with van der Waals surface area (Å²) < 4.78 is 0. The van der Waals surface area contributed by atoms with Crippen LogP contribution in [0.2, 0.25) is 0 Å². The van der Waals surface area contributed by atoms with Crippen LogP contribution in [0.25, 0.3) is 10.2 Å². The van der Waals surface area contributed by atoms with Crippen molar-refractivity contribution in [2.45, 2.75) is 25.7 Å². The van der Waals surface area contributed by atoms with E-state index >= 15 is 0 Å². The van der Waals surface area contributed by atoms with E-state index in [-0.39, 0.29) is 5.91 Å². The number of rotatable bonds is 3. The minimum atomic E-state index is -0.158. The van der Waals surface area contributed by atoms with Gasteiger partial charge in [-0.05, 0) is 37.3 Å². The molecule has 2 heterocycles. The number of hydrogen-bond acceptors (Lipinski definition) is 5. The lowest BCUT2D eigenvalue weighted by Crippen LogP contribution is -2.28. The van der Waals surface area contributed by atoms with Crippen LogP contribution in [-0.4, -0.2) is 24.0 Å². The molecular weight excluding hydrogens is 272 g/mol. The molecule has 0 saturated heterocycles. The lowest BCUT2D eigenvalue weighted by atomic mass is 9.95. The zero-order valence-corrected chi connectivity index (χ0v) is 12.1. The number of carbonyl (C=O) groups is 1. The summed E-state index contributed by atoms with van der Waals surface area (Å²) in [5.74, 6) is -0.158. The molecule has 1 amide bonds. The number of hydrogen-bond donors (Lipinski definition) is 3.